The lowest BCUT2D eigenvalue weighted by molar-refractivity contribution is 0.0985. The number of aromatic nitrogens is 1. The topological polar surface area (TPSA) is 42.4 Å². The van der Waals surface area contributed by atoms with E-state index in [1.165, 1.54) is 11.1 Å². The Morgan fingerprint density at radius 1 is 1.25 bits per heavy atom. The number of ketones is 1. The quantitative estimate of drug-likeness (QED) is 0.793. The molecule has 2 heterocycles. The fourth-order valence-corrected chi connectivity index (χ4v) is 3.31. The summed E-state index contributed by atoms with van der Waals surface area (Å²) in [6.07, 6.45) is 3.79. The van der Waals surface area contributed by atoms with E-state index in [1.807, 2.05) is 6.92 Å². The van der Waals surface area contributed by atoms with Crippen LogP contribution in [0.25, 0.3) is 0 Å². The molecule has 1 saturated heterocycles. The van der Waals surface area contributed by atoms with Gasteiger partial charge in [-0.1, -0.05) is 6.92 Å². The summed E-state index contributed by atoms with van der Waals surface area (Å²) in [5.74, 6) is 1.13. The van der Waals surface area contributed by atoms with Gasteiger partial charge in [0.2, 0.25) is 0 Å². The van der Waals surface area contributed by atoms with E-state index >= 15 is 0 Å². The molecule has 1 aliphatic heterocycles. The summed E-state index contributed by atoms with van der Waals surface area (Å²) < 4.78 is 5.42. The zero-order valence-electron chi connectivity index (χ0n) is 12.4. The molecule has 0 spiro atoms. The number of nitrogens with zero attached hydrogens (tertiary/aromatic N) is 2. The highest BCUT2D eigenvalue weighted by atomic mass is 16.5. The van der Waals surface area contributed by atoms with Gasteiger partial charge in [-0.25, -0.2) is 4.98 Å². The second kappa shape index (κ2) is 5.52. The number of hydrogen-bond donors (Lipinski definition) is 0. The van der Waals surface area contributed by atoms with Gasteiger partial charge >= 0.3 is 0 Å². The molecule has 1 aromatic heterocycles. The molecule has 1 fully saturated rings. The predicted molar refractivity (Wildman–Crippen MR) is 78.7 cm³/mol. The van der Waals surface area contributed by atoms with E-state index in [4.69, 9.17) is 9.72 Å². The minimum Gasteiger partial charge on any atom is -0.378 e. The van der Waals surface area contributed by atoms with Crippen LogP contribution in [-0.4, -0.2) is 37.1 Å². The number of rotatable bonds is 3. The predicted octanol–water partition coefficient (Wildman–Crippen LogP) is 2.31. The van der Waals surface area contributed by atoms with E-state index < -0.39 is 0 Å². The molecule has 0 aromatic carbocycles. The summed E-state index contributed by atoms with van der Waals surface area (Å²) >= 11 is 0. The minimum atomic E-state index is 0.233. The van der Waals surface area contributed by atoms with Gasteiger partial charge in [0, 0.05) is 25.2 Å². The van der Waals surface area contributed by atoms with Crippen molar-refractivity contribution in [3.8, 4) is 0 Å². The molecule has 2 aliphatic rings. The number of hydrogen-bond acceptors (Lipinski definition) is 4. The Bertz CT molecular complexity index is 534. The summed E-state index contributed by atoms with van der Waals surface area (Å²) in [7, 11) is 0. The fourth-order valence-electron chi connectivity index (χ4n) is 3.31. The number of Topliss-reactive ketones (excluding diaryl/α,β-unsaturated/α-hetero) is 1. The number of aryl methyl sites for hydroxylation is 1. The summed E-state index contributed by atoms with van der Waals surface area (Å²) in [6, 6.07) is 0. The van der Waals surface area contributed by atoms with Crippen LogP contribution in [0.4, 0.5) is 5.82 Å². The molecule has 4 nitrogen and oxygen atoms in total. The first-order valence-corrected chi connectivity index (χ1v) is 7.60. The Morgan fingerprint density at radius 2 is 1.95 bits per heavy atom. The van der Waals surface area contributed by atoms with Crippen LogP contribution in [0.15, 0.2) is 0 Å². The van der Waals surface area contributed by atoms with Crippen LogP contribution in [0, 0.1) is 6.92 Å². The molecule has 0 bridgehead atoms. The highest BCUT2D eigenvalue weighted by molar-refractivity contribution is 6.02. The highest BCUT2D eigenvalue weighted by Crippen LogP contribution is 2.34. The van der Waals surface area contributed by atoms with E-state index in [0.29, 0.717) is 6.42 Å². The van der Waals surface area contributed by atoms with Crippen molar-refractivity contribution < 1.29 is 9.53 Å². The molecule has 108 valence electrons. The van der Waals surface area contributed by atoms with Crippen LogP contribution < -0.4 is 4.90 Å². The van der Waals surface area contributed by atoms with E-state index in [9.17, 15) is 4.79 Å². The van der Waals surface area contributed by atoms with Gasteiger partial charge < -0.3 is 9.64 Å². The number of fused-ring (bicyclic) bond motifs is 1. The standard InChI is InChI=1S/C16H22N2O2/c1-3-14(19)15-13-6-4-5-12(13)11(2)17-16(15)18-7-9-20-10-8-18/h3-10H2,1-2H3. The first kappa shape index (κ1) is 13.6. The lowest BCUT2D eigenvalue weighted by Crippen LogP contribution is -2.38. The van der Waals surface area contributed by atoms with Crippen molar-refractivity contribution in [2.75, 3.05) is 31.2 Å². The lowest BCUT2D eigenvalue weighted by atomic mass is 9.98. The van der Waals surface area contributed by atoms with Gasteiger partial charge in [-0.2, -0.15) is 0 Å². The average molecular weight is 274 g/mol. The summed E-state index contributed by atoms with van der Waals surface area (Å²) in [6.45, 7) is 7.11. The van der Waals surface area contributed by atoms with Gasteiger partial charge in [0.1, 0.15) is 5.82 Å². The number of carbonyl (C=O) groups is 1. The van der Waals surface area contributed by atoms with E-state index in [1.54, 1.807) is 0 Å². The Kier molecular flexibility index (Phi) is 3.74. The molecule has 20 heavy (non-hydrogen) atoms. The van der Waals surface area contributed by atoms with Gasteiger partial charge in [-0.3, -0.25) is 4.79 Å². The van der Waals surface area contributed by atoms with Crippen molar-refractivity contribution >= 4 is 11.6 Å². The molecule has 0 unspecified atom stereocenters. The van der Waals surface area contributed by atoms with Crippen molar-refractivity contribution in [3.63, 3.8) is 0 Å². The maximum Gasteiger partial charge on any atom is 0.166 e. The monoisotopic (exact) mass is 274 g/mol. The first-order chi connectivity index (χ1) is 9.72. The second-order valence-electron chi connectivity index (χ2n) is 5.58. The number of anilines is 1. The third kappa shape index (κ3) is 2.22. The number of pyridine rings is 1. The van der Waals surface area contributed by atoms with E-state index in [-0.39, 0.29) is 5.78 Å². The zero-order chi connectivity index (χ0) is 14.1. The zero-order valence-corrected chi connectivity index (χ0v) is 12.4. The molecule has 1 aromatic rings. The van der Waals surface area contributed by atoms with Crippen LogP contribution in [-0.2, 0) is 17.6 Å². The van der Waals surface area contributed by atoms with Crippen LogP contribution in [0.2, 0.25) is 0 Å². The highest BCUT2D eigenvalue weighted by Gasteiger charge is 2.28. The maximum atomic E-state index is 12.5. The maximum absolute atomic E-state index is 12.5. The fraction of sp³-hybridized carbons (Fsp3) is 0.625. The third-order valence-corrected chi connectivity index (χ3v) is 4.36. The molecule has 0 N–H and O–H groups in total. The van der Waals surface area contributed by atoms with E-state index in [0.717, 1.165) is 62.6 Å². The molecular weight excluding hydrogens is 252 g/mol. The molecule has 1 aliphatic carbocycles. The summed E-state index contributed by atoms with van der Waals surface area (Å²) in [4.78, 5) is 19.5. The van der Waals surface area contributed by atoms with Crippen molar-refractivity contribution in [2.45, 2.75) is 39.5 Å². The van der Waals surface area contributed by atoms with Gasteiger partial charge in [-0.15, -0.1) is 0 Å². The Hall–Kier alpha value is -1.42. The van der Waals surface area contributed by atoms with Crippen LogP contribution in [0.3, 0.4) is 0 Å². The summed E-state index contributed by atoms with van der Waals surface area (Å²) in [5.41, 5.74) is 4.59. The Balaban J connectivity index is 2.12. The number of morpholine rings is 1. The normalized spacial score (nSPS) is 18.2. The molecule has 0 radical (unpaired) electrons. The largest absolute Gasteiger partial charge is 0.378 e. The van der Waals surface area contributed by atoms with Crippen molar-refractivity contribution in [1.82, 2.24) is 4.98 Å². The van der Waals surface area contributed by atoms with Crippen molar-refractivity contribution in [2.24, 2.45) is 0 Å². The minimum absolute atomic E-state index is 0.233. The van der Waals surface area contributed by atoms with Crippen molar-refractivity contribution in [3.05, 3.63) is 22.4 Å². The first-order valence-electron chi connectivity index (χ1n) is 7.60. The molecule has 4 heteroatoms. The third-order valence-electron chi connectivity index (χ3n) is 4.36. The molecule has 0 saturated carbocycles. The second-order valence-corrected chi connectivity index (χ2v) is 5.58. The summed E-state index contributed by atoms with van der Waals surface area (Å²) in [5, 5.41) is 0. The molecule has 3 rings (SSSR count). The van der Waals surface area contributed by atoms with Gasteiger partial charge in [-0.05, 0) is 37.3 Å². The molecular formula is C16H22N2O2. The lowest BCUT2D eigenvalue weighted by Gasteiger charge is -2.30. The number of carbonyl (C=O) groups excluding carboxylic acids is 1. The molecule has 0 atom stereocenters. The number of ether oxygens (including phenoxy) is 1. The van der Waals surface area contributed by atoms with Crippen LogP contribution in [0.1, 0.15) is 46.9 Å². The van der Waals surface area contributed by atoms with Crippen LogP contribution in [0.5, 0.6) is 0 Å². The molecule has 0 amide bonds. The van der Waals surface area contributed by atoms with Gasteiger partial charge in [0.05, 0.1) is 18.8 Å². The van der Waals surface area contributed by atoms with Crippen molar-refractivity contribution in [1.29, 1.82) is 0 Å². The van der Waals surface area contributed by atoms with Crippen LogP contribution >= 0.6 is 0 Å². The Labute approximate surface area is 120 Å². The SMILES string of the molecule is CCC(=O)c1c(N2CCOCC2)nc(C)c2c1CCC2. The van der Waals surface area contributed by atoms with E-state index in [2.05, 4.69) is 11.8 Å². The smallest absolute Gasteiger partial charge is 0.166 e. The van der Waals surface area contributed by atoms with Gasteiger partial charge in [0.25, 0.3) is 0 Å². The van der Waals surface area contributed by atoms with Gasteiger partial charge in [0.15, 0.2) is 5.78 Å². The Morgan fingerprint density at radius 3 is 2.65 bits per heavy atom. The average Bonchev–Trinajstić information content (AvgIpc) is 2.97.